The molecular formula is C15H21NO2. The summed E-state index contributed by atoms with van der Waals surface area (Å²) in [5.41, 5.74) is 1.41. The van der Waals surface area contributed by atoms with Crippen molar-refractivity contribution in [3.8, 4) is 0 Å². The van der Waals surface area contributed by atoms with Crippen molar-refractivity contribution >= 4 is 0 Å². The Hall–Kier alpha value is -0.900. The second kappa shape index (κ2) is 5.39. The van der Waals surface area contributed by atoms with E-state index in [1.54, 1.807) is 0 Å². The molecule has 18 heavy (non-hydrogen) atoms. The van der Waals surface area contributed by atoms with Gasteiger partial charge in [0.1, 0.15) is 0 Å². The monoisotopic (exact) mass is 247 g/mol. The number of hydrogen-bond acceptors (Lipinski definition) is 3. The van der Waals surface area contributed by atoms with Crippen molar-refractivity contribution in [2.45, 2.75) is 25.0 Å². The Kier molecular flexibility index (Phi) is 3.64. The lowest BCUT2D eigenvalue weighted by Crippen LogP contribution is -2.34. The number of rotatable bonds is 7. The van der Waals surface area contributed by atoms with Crippen LogP contribution in [0, 0.1) is 0 Å². The van der Waals surface area contributed by atoms with Crippen LogP contribution in [-0.4, -0.2) is 50.0 Å². The molecule has 3 unspecified atom stereocenters. The molecule has 2 heterocycles. The normalized spacial score (nSPS) is 27.2. The Labute approximate surface area is 109 Å². The Morgan fingerprint density at radius 2 is 1.67 bits per heavy atom. The second-order valence-corrected chi connectivity index (χ2v) is 5.44. The predicted octanol–water partition coefficient (Wildman–Crippen LogP) is 1.89. The van der Waals surface area contributed by atoms with Gasteiger partial charge in [-0.25, -0.2) is 0 Å². The molecule has 0 radical (unpaired) electrons. The Morgan fingerprint density at radius 1 is 1.11 bits per heavy atom. The average Bonchev–Trinajstić information content (AvgIpc) is 3.26. The van der Waals surface area contributed by atoms with Gasteiger partial charge in [-0.3, -0.25) is 4.90 Å². The lowest BCUT2D eigenvalue weighted by Gasteiger charge is -2.24. The molecule has 2 fully saturated rings. The average molecular weight is 247 g/mol. The summed E-state index contributed by atoms with van der Waals surface area (Å²) < 4.78 is 10.7. The fourth-order valence-electron chi connectivity index (χ4n) is 2.42. The lowest BCUT2D eigenvalue weighted by molar-refractivity contribution is 0.211. The van der Waals surface area contributed by atoms with Gasteiger partial charge in [-0.15, -0.1) is 0 Å². The van der Waals surface area contributed by atoms with E-state index in [4.69, 9.17) is 9.47 Å². The molecule has 0 aromatic heterocycles. The molecule has 0 saturated carbocycles. The SMILES string of the molecule is CC(CN(CC1CO1)CC1CO1)c1ccccc1. The van der Waals surface area contributed by atoms with Gasteiger partial charge < -0.3 is 9.47 Å². The molecule has 3 heteroatoms. The zero-order valence-corrected chi connectivity index (χ0v) is 10.9. The molecule has 1 aromatic carbocycles. The summed E-state index contributed by atoms with van der Waals surface area (Å²) in [7, 11) is 0. The Balaban J connectivity index is 1.56. The minimum absolute atomic E-state index is 0.465. The maximum absolute atomic E-state index is 5.35. The molecule has 0 amide bonds. The van der Waals surface area contributed by atoms with E-state index in [1.807, 2.05) is 0 Å². The molecule has 3 nitrogen and oxygen atoms in total. The zero-order chi connectivity index (χ0) is 12.4. The summed E-state index contributed by atoms with van der Waals surface area (Å²) in [5, 5.41) is 0. The van der Waals surface area contributed by atoms with E-state index in [9.17, 15) is 0 Å². The van der Waals surface area contributed by atoms with Crippen LogP contribution in [0.4, 0.5) is 0 Å². The lowest BCUT2D eigenvalue weighted by atomic mass is 10.0. The first-order chi connectivity index (χ1) is 8.81. The third-order valence-electron chi connectivity index (χ3n) is 3.63. The standard InChI is InChI=1S/C15H21NO2/c1-12(13-5-3-2-4-6-13)7-16(8-14-10-17-14)9-15-11-18-15/h2-6,12,14-15H,7-11H2,1H3. The van der Waals surface area contributed by atoms with Gasteiger partial charge in [0.05, 0.1) is 25.4 Å². The quantitative estimate of drug-likeness (QED) is 0.689. The Morgan fingerprint density at radius 3 is 2.17 bits per heavy atom. The zero-order valence-electron chi connectivity index (χ0n) is 10.9. The number of ether oxygens (including phenoxy) is 2. The molecule has 3 rings (SSSR count). The van der Waals surface area contributed by atoms with E-state index < -0.39 is 0 Å². The van der Waals surface area contributed by atoms with Crippen LogP contribution in [0.25, 0.3) is 0 Å². The summed E-state index contributed by atoms with van der Waals surface area (Å²) >= 11 is 0. The van der Waals surface area contributed by atoms with E-state index in [0.29, 0.717) is 18.1 Å². The van der Waals surface area contributed by atoms with Gasteiger partial charge in [-0.1, -0.05) is 37.3 Å². The smallest absolute Gasteiger partial charge is 0.0936 e. The van der Waals surface area contributed by atoms with Crippen LogP contribution in [-0.2, 0) is 9.47 Å². The highest BCUT2D eigenvalue weighted by atomic mass is 16.6. The van der Waals surface area contributed by atoms with E-state index in [0.717, 1.165) is 32.8 Å². The molecule has 98 valence electrons. The number of hydrogen-bond donors (Lipinski definition) is 0. The van der Waals surface area contributed by atoms with Crippen molar-refractivity contribution < 1.29 is 9.47 Å². The summed E-state index contributed by atoms with van der Waals surface area (Å²) in [5.74, 6) is 0.559. The van der Waals surface area contributed by atoms with Gasteiger partial charge in [0.15, 0.2) is 0 Å². The predicted molar refractivity (Wildman–Crippen MR) is 70.8 cm³/mol. The largest absolute Gasteiger partial charge is 0.372 e. The molecule has 0 bridgehead atoms. The van der Waals surface area contributed by atoms with Crippen molar-refractivity contribution in [2.24, 2.45) is 0 Å². The molecule has 3 atom stereocenters. The van der Waals surface area contributed by atoms with Crippen LogP contribution in [0.15, 0.2) is 30.3 Å². The molecule has 2 saturated heterocycles. The van der Waals surface area contributed by atoms with Gasteiger partial charge in [-0.05, 0) is 11.5 Å². The van der Waals surface area contributed by atoms with Crippen molar-refractivity contribution in [1.29, 1.82) is 0 Å². The molecule has 0 aliphatic carbocycles. The first kappa shape index (κ1) is 12.2. The summed E-state index contributed by atoms with van der Waals surface area (Å²) in [4.78, 5) is 2.49. The number of benzene rings is 1. The first-order valence-electron chi connectivity index (χ1n) is 6.82. The summed E-state index contributed by atoms with van der Waals surface area (Å²) in [6.07, 6.45) is 0.929. The van der Waals surface area contributed by atoms with Crippen LogP contribution in [0.5, 0.6) is 0 Å². The fourth-order valence-corrected chi connectivity index (χ4v) is 2.42. The second-order valence-electron chi connectivity index (χ2n) is 5.44. The highest BCUT2D eigenvalue weighted by Crippen LogP contribution is 2.21. The number of nitrogens with zero attached hydrogens (tertiary/aromatic N) is 1. The molecule has 2 aliphatic heterocycles. The minimum Gasteiger partial charge on any atom is -0.372 e. The highest BCUT2D eigenvalue weighted by molar-refractivity contribution is 5.19. The third kappa shape index (κ3) is 3.55. The van der Waals surface area contributed by atoms with Crippen molar-refractivity contribution in [1.82, 2.24) is 4.90 Å². The minimum atomic E-state index is 0.465. The topological polar surface area (TPSA) is 28.3 Å². The third-order valence-corrected chi connectivity index (χ3v) is 3.63. The number of epoxide rings is 2. The van der Waals surface area contributed by atoms with Gasteiger partial charge in [-0.2, -0.15) is 0 Å². The fraction of sp³-hybridized carbons (Fsp3) is 0.600. The van der Waals surface area contributed by atoms with Crippen LogP contribution >= 0.6 is 0 Å². The van der Waals surface area contributed by atoms with E-state index in [2.05, 4.69) is 42.2 Å². The van der Waals surface area contributed by atoms with Gasteiger partial charge in [0.2, 0.25) is 0 Å². The van der Waals surface area contributed by atoms with Gasteiger partial charge >= 0.3 is 0 Å². The van der Waals surface area contributed by atoms with Crippen LogP contribution < -0.4 is 0 Å². The van der Waals surface area contributed by atoms with Crippen molar-refractivity contribution in [3.05, 3.63) is 35.9 Å². The summed E-state index contributed by atoms with van der Waals surface area (Å²) in [6, 6.07) is 10.7. The maximum Gasteiger partial charge on any atom is 0.0936 e. The highest BCUT2D eigenvalue weighted by Gasteiger charge is 2.31. The van der Waals surface area contributed by atoms with E-state index >= 15 is 0 Å². The van der Waals surface area contributed by atoms with Crippen LogP contribution in [0.3, 0.4) is 0 Å². The molecule has 2 aliphatic rings. The van der Waals surface area contributed by atoms with E-state index in [-0.39, 0.29) is 0 Å². The first-order valence-corrected chi connectivity index (χ1v) is 6.82. The Bertz CT molecular complexity index is 359. The van der Waals surface area contributed by atoms with Crippen molar-refractivity contribution in [3.63, 3.8) is 0 Å². The van der Waals surface area contributed by atoms with E-state index in [1.165, 1.54) is 5.56 Å². The maximum atomic E-state index is 5.35. The molecule has 0 N–H and O–H groups in total. The molecular weight excluding hydrogens is 226 g/mol. The van der Waals surface area contributed by atoms with Gasteiger partial charge in [0.25, 0.3) is 0 Å². The van der Waals surface area contributed by atoms with Crippen LogP contribution in [0.1, 0.15) is 18.4 Å². The molecule has 1 aromatic rings. The van der Waals surface area contributed by atoms with Crippen molar-refractivity contribution in [2.75, 3.05) is 32.8 Å². The van der Waals surface area contributed by atoms with Gasteiger partial charge in [0, 0.05) is 19.6 Å². The summed E-state index contributed by atoms with van der Waals surface area (Å²) in [6.45, 7) is 7.35. The molecule has 0 spiro atoms. The van der Waals surface area contributed by atoms with Crippen LogP contribution in [0.2, 0.25) is 0 Å².